The largest absolute Gasteiger partial charge is 0.374 e. The molecule has 1 aliphatic rings. The molecule has 1 amide bonds. The zero-order valence-corrected chi connectivity index (χ0v) is 16.0. The van der Waals surface area contributed by atoms with Crippen LogP contribution in [0.15, 0.2) is 41.4 Å². The number of amides is 1. The first kappa shape index (κ1) is 17.4. The third-order valence-electron chi connectivity index (χ3n) is 4.63. The van der Waals surface area contributed by atoms with E-state index in [1.165, 1.54) is 0 Å². The molecular weight excluding hydrogens is 370 g/mol. The number of thioether (sulfide) groups is 1. The minimum Gasteiger partial charge on any atom is -0.374 e. The molecule has 1 atom stereocenters. The van der Waals surface area contributed by atoms with Crippen LogP contribution >= 0.6 is 23.4 Å². The van der Waals surface area contributed by atoms with Crippen molar-refractivity contribution in [2.45, 2.75) is 17.5 Å². The van der Waals surface area contributed by atoms with Crippen LogP contribution in [0.1, 0.15) is 27.8 Å². The van der Waals surface area contributed by atoms with E-state index in [1.807, 2.05) is 48.3 Å². The Morgan fingerprint density at radius 2 is 2.23 bits per heavy atom. The van der Waals surface area contributed by atoms with E-state index in [9.17, 15) is 4.79 Å². The van der Waals surface area contributed by atoms with E-state index in [0.29, 0.717) is 23.9 Å². The first-order valence-corrected chi connectivity index (χ1v) is 9.83. The van der Waals surface area contributed by atoms with Crippen LogP contribution in [0.4, 0.5) is 0 Å². The minimum absolute atomic E-state index is 0.156. The van der Waals surface area contributed by atoms with Crippen LogP contribution in [0.2, 0.25) is 5.02 Å². The average molecular weight is 388 g/mol. The van der Waals surface area contributed by atoms with Gasteiger partial charge in [0.15, 0.2) is 0 Å². The molecule has 26 heavy (non-hydrogen) atoms. The van der Waals surface area contributed by atoms with Gasteiger partial charge in [-0.05, 0) is 30.5 Å². The summed E-state index contributed by atoms with van der Waals surface area (Å²) in [4.78, 5) is 18.5. The van der Waals surface area contributed by atoms with Gasteiger partial charge in [0.2, 0.25) is 0 Å². The molecule has 3 heterocycles. The fraction of sp³-hybridized carbons (Fsp3) is 0.263. The zero-order valence-electron chi connectivity index (χ0n) is 14.5. The maximum atomic E-state index is 12.9. The van der Waals surface area contributed by atoms with Crippen molar-refractivity contribution in [1.82, 2.24) is 14.9 Å². The maximum Gasteiger partial charge on any atom is 0.268 e. The Hall–Kier alpha value is -2.02. The van der Waals surface area contributed by atoms with E-state index in [-0.39, 0.29) is 11.9 Å². The predicted molar refractivity (Wildman–Crippen MR) is 104 cm³/mol. The Balaban J connectivity index is 1.63. The van der Waals surface area contributed by atoms with Gasteiger partial charge in [0, 0.05) is 39.6 Å². The number of hydrogen-bond donors (Lipinski definition) is 1. The average Bonchev–Trinajstić information content (AvgIpc) is 2.98. The van der Waals surface area contributed by atoms with Crippen LogP contribution in [0.3, 0.4) is 0 Å². The molecule has 4 rings (SSSR count). The third-order valence-corrected chi connectivity index (χ3v) is 5.56. The van der Waals surface area contributed by atoms with Gasteiger partial charge < -0.3 is 14.6 Å². The van der Waals surface area contributed by atoms with Gasteiger partial charge in [-0.15, -0.1) is 11.8 Å². The van der Waals surface area contributed by atoms with Crippen molar-refractivity contribution >= 4 is 40.2 Å². The van der Waals surface area contributed by atoms with Gasteiger partial charge in [0.05, 0.1) is 24.9 Å². The van der Waals surface area contributed by atoms with E-state index >= 15 is 0 Å². The Morgan fingerprint density at radius 1 is 1.38 bits per heavy atom. The molecule has 0 fully saturated rings. The lowest BCUT2D eigenvalue weighted by Crippen LogP contribution is -2.35. The lowest BCUT2D eigenvalue weighted by Gasteiger charge is -2.26. The number of ether oxygens (including phenoxy) is 1. The topological polar surface area (TPSA) is 56.1 Å². The Bertz CT molecular complexity index is 1000. The van der Waals surface area contributed by atoms with E-state index in [0.717, 1.165) is 27.1 Å². The van der Waals surface area contributed by atoms with Crippen LogP contribution in [0.25, 0.3) is 10.9 Å². The first-order chi connectivity index (χ1) is 12.6. The number of halogens is 1. The molecule has 1 aromatic carbocycles. The summed E-state index contributed by atoms with van der Waals surface area (Å²) in [5, 5.41) is 4.68. The second-order valence-corrected chi connectivity index (χ2v) is 7.57. The molecule has 134 valence electrons. The number of aryl methyl sites for hydroxylation is 1. The van der Waals surface area contributed by atoms with Gasteiger partial charge >= 0.3 is 0 Å². The van der Waals surface area contributed by atoms with Crippen molar-refractivity contribution in [3.8, 4) is 0 Å². The highest BCUT2D eigenvalue weighted by atomic mass is 35.5. The number of rotatable bonds is 3. The number of nitrogens with zero attached hydrogens (tertiary/aromatic N) is 2. The van der Waals surface area contributed by atoms with Crippen molar-refractivity contribution in [2.75, 3.05) is 12.9 Å². The summed E-state index contributed by atoms with van der Waals surface area (Å²) < 4.78 is 7.51. The SMILES string of the molecule is CSc1cnc2c(c1)COCC2NC(=O)c1cc2ccc(Cl)cc2n1C. The van der Waals surface area contributed by atoms with E-state index < -0.39 is 0 Å². The molecule has 7 heteroatoms. The second-order valence-electron chi connectivity index (χ2n) is 6.25. The van der Waals surface area contributed by atoms with Crippen LogP contribution in [-0.4, -0.2) is 28.3 Å². The van der Waals surface area contributed by atoms with Crippen LogP contribution in [-0.2, 0) is 18.4 Å². The number of hydrogen-bond acceptors (Lipinski definition) is 4. The number of carbonyl (C=O) groups excluding carboxylic acids is 1. The van der Waals surface area contributed by atoms with Crippen molar-refractivity contribution in [2.24, 2.45) is 7.05 Å². The number of nitrogens with one attached hydrogen (secondary N) is 1. The molecule has 3 aromatic rings. The number of benzene rings is 1. The summed E-state index contributed by atoms with van der Waals surface area (Å²) in [6.45, 7) is 0.940. The molecule has 2 aromatic heterocycles. The Kier molecular flexibility index (Phi) is 4.65. The van der Waals surface area contributed by atoms with Gasteiger partial charge in [-0.25, -0.2) is 0 Å². The highest BCUT2D eigenvalue weighted by Crippen LogP contribution is 2.27. The van der Waals surface area contributed by atoms with Crippen LogP contribution in [0, 0.1) is 0 Å². The van der Waals surface area contributed by atoms with Gasteiger partial charge in [-0.2, -0.15) is 0 Å². The summed E-state index contributed by atoms with van der Waals surface area (Å²) in [7, 11) is 1.86. The van der Waals surface area contributed by atoms with Crippen molar-refractivity contribution in [3.63, 3.8) is 0 Å². The van der Waals surface area contributed by atoms with E-state index in [2.05, 4.69) is 16.4 Å². The molecule has 0 saturated heterocycles. The Morgan fingerprint density at radius 3 is 3.04 bits per heavy atom. The molecule has 1 unspecified atom stereocenters. The zero-order chi connectivity index (χ0) is 18.3. The number of carbonyl (C=O) groups is 1. The molecule has 1 aliphatic heterocycles. The smallest absolute Gasteiger partial charge is 0.268 e. The lowest BCUT2D eigenvalue weighted by atomic mass is 10.1. The third kappa shape index (κ3) is 3.09. The molecule has 0 spiro atoms. The highest BCUT2D eigenvalue weighted by Gasteiger charge is 2.25. The summed E-state index contributed by atoms with van der Waals surface area (Å²) in [5.41, 5.74) is 3.40. The van der Waals surface area contributed by atoms with E-state index in [1.54, 1.807) is 11.8 Å². The first-order valence-electron chi connectivity index (χ1n) is 8.23. The summed E-state index contributed by atoms with van der Waals surface area (Å²) in [6, 6.07) is 9.28. The number of aromatic nitrogens is 2. The molecule has 1 N–H and O–H groups in total. The van der Waals surface area contributed by atoms with E-state index in [4.69, 9.17) is 16.3 Å². The van der Waals surface area contributed by atoms with Gasteiger partial charge in [-0.1, -0.05) is 17.7 Å². The quantitative estimate of drug-likeness (QED) is 0.691. The summed E-state index contributed by atoms with van der Waals surface area (Å²) >= 11 is 7.72. The number of fused-ring (bicyclic) bond motifs is 2. The van der Waals surface area contributed by atoms with Crippen LogP contribution in [0.5, 0.6) is 0 Å². The molecule has 5 nitrogen and oxygen atoms in total. The maximum absolute atomic E-state index is 12.9. The predicted octanol–water partition coefficient (Wildman–Crippen LogP) is 3.95. The van der Waals surface area contributed by atoms with Crippen molar-refractivity contribution in [1.29, 1.82) is 0 Å². The standard InChI is InChI=1S/C19H18ClN3O2S/c1-23-16-7-13(20)4-3-11(16)6-17(23)19(24)22-15-10-25-9-12-5-14(26-2)8-21-18(12)15/h3-8,15H,9-10H2,1-2H3,(H,22,24). The number of pyridine rings is 1. The monoisotopic (exact) mass is 387 g/mol. The normalized spacial score (nSPS) is 16.5. The minimum atomic E-state index is -0.260. The molecule has 0 radical (unpaired) electrons. The fourth-order valence-corrected chi connectivity index (χ4v) is 3.85. The summed E-state index contributed by atoms with van der Waals surface area (Å²) in [5.74, 6) is -0.156. The lowest BCUT2D eigenvalue weighted by molar-refractivity contribution is 0.0688. The molecule has 0 saturated carbocycles. The van der Waals surface area contributed by atoms with Crippen molar-refractivity contribution in [3.05, 3.63) is 58.5 Å². The highest BCUT2D eigenvalue weighted by molar-refractivity contribution is 7.98. The fourth-order valence-electron chi connectivity index (χ4n) is 3.27. The molecule has 0 aliphatic carbocycles. The van der Waals surface area contributed by atoms with Gasteiger partial charge in [-0.3, -0.25) is 9.78 Å². The second kappa shape index (κ2) is 6.95. The molecular formula is C19H18ClN3O2S. The van der Waals surface area contributed by atoms with Crippen LogP contribution < -0.4 is 5.32 Å². The van der Waals surface area contributed by atoms with Crippen molar-refractivity contribution < 1.29 is 9.53 Å². The Labute approximate surface area is 160 Å². The van der Waals surface area contributed by atoms with Gasteiger partial charge in [0.1, 0.15) is 5.69 Å². The molecule has 0 bridgehead atoms. The van der Waals surface area contributed by atoms with Gasteiger partial charge in [0.25, 0.3) is 5.91 Å². The summed E-state index contributed by atoms with van der Waals surface area (Å²) in [6.07, 6.45) is 3.85.